The number of oxazole rings is 1. The van der Waals surface area contributed by atoms with Crippen LogP contribution in [0.3, 0.4) is 0 Å². The zero-order valence-corrected chi connectivity index (χ0v) is 9.75. The highest BCUT2D eigenvalue weighted by molar-refractivity contribution is 5.65. The van der Waals surface area contributed by atoms with E-state index >= 15 is 0 Å². The van der Waals surface area contributed by atoms with Gasteiger partial charge in [-0.25, -0.2) is 9.37 Å². The zero-order chi connectivity index (χ0) is 12.4. The molecule has 0 fully saturated rings. The highest BCUT2D eigenvalue weighted by Crippen LogP contribution is 2.20. The Kier molecular flexibility index (Phi) is 2.99. The lowest BCUT2D eigenvalue weighted by molar-refractivity contribution is 0.478. The molecule has 0 radical (unpaired) electrons. The molecule has 5 heteroatoms. The molecule has 0 atom stereocenters. The van der Waals surface area contributed by atoms with Gasteiger partial charge >= 0.3 is 0 Å². The third-order valence-electron chi connectivity index (χ3n) is 2.52. The van der Waals surface area contributed by atoms with Crippen molar-refractivity contribution in [1.82, 2.24) is 4.98 Å². The van der Waals surface area contributed by atoms with Crippen molar-refractivity contribution in [3.63, 3.8) is 0 Å². The SMILES string of the molecule is Cc1nc(CNc2cc(F)ccc2N)oc1C. The number of nitrogen functional groups attached to an aromatic ring is 1. The van der Waals surface area contributed by atoms with Crippen LogP contribution in [0.5, 0.6) is 0 Å². The number of halogens is 1. The van der Waals surface area contributed by atoms with E-state index in [0.29, 0.717) is 23.8 Å². The average Bonchev–Trinajstić information content (AvgIpc) is 2.60. The number of nitrogens with zero attached hydrogens (tertiary/aromatic N) is 1. The minimum Gasteiger partial charge on any atom is -0.444 e. The second-order valence-corrected chi connectivity index (χ2v) is 3.83. The first-order valence-corrected chi connectivity index (χ1v) is 5.28. The summed E-state index contributed by atoms with van der Waals surface area (Å²) in [5.41, 5.74) is 7.60. The van der Waals surface area contributed by atoms with Crippen molar-refractivity contribution >= 4 is 11.4 Å². The Balaban J connectivity index is 2.09. The van der Waals surface area contributed by atoms with Crippen LogP contribution >= 0.6 is 0 Å². The maximum Gasteiger partial charge on any atom is 0.213 e. The van der Waals surface area contributed by atoms with Gasteiger partial charge in [-0.15, -0.1) is 0 Å². The van der Waals surface area contributed by atoms with Gasteiger partial charge in [0.2, 0.25) is 5.89 Å². The van der Waals surface area contributed by atoms with Gasteiger partial charge in [0.1, 0.15) is 11.6 Å². The molecule has 90 valence electrons. The Bertz CT molecular complexity index is 517. The Morgan fingerprint density at radius 3 is 2.82 bits per heavy atom. The van der Waals surface area contributed by atoms with Gasteiger partial charge in [0.05, 0.1) is 23.6 Å². The van der Waals surface area contributed by atoms with Gasteiger partial charge < -0.3 is 15.5 Å². The van der Waals surface area contributed by atoms with Crippen LogP contribution in [-0.2, 0) is 6.54 Å². The molecular formula is C12H14FN3O. The molecule has 0 spiro atoms. The molecular weight excluding hydrogens is 221 g/mol. The number of nitrogens with two attached hydrogens (primary N) is 1. The number of benzene rings is 1. The summed E-state index contributed by atoms with van der Waals surface area (Å²) in [7, 11) is 0. The molecule has 0 amide bonds. The molecule has 0 aliphatic rings. The summed E-state index contributed by atoms with van der Waals surface area (Å²) in [6.45, 7) is 4.10. The average molecular weight is 235 g/mol. The number of rotatable bonds is 3. The maximum absolute atomic E-state index is 13.0. The molecule has 0 aliphatic carbocycles. The Morgan fingerprint density at radius 2 is 2.18 bits per heavy atom. The normalized spacial score (nSPS) is 10.5. The highest BCUT2D eigenvalue weighted by atomic mass is 19.1. The number of aromatic nitrogens is 1. The van der Waals surface area contributed by atoms with Crippen molar-refractivity contribution in [2.24, 2.45) is 0 Å². The van der Waals surface area contributed by atoms with Crippen LogP contribution in [0.15, 0.2) is 22.6 Å². The van der Waals surface area contributed by atoms with Crippen molar-refractivity contribution in [3.05, 3.63) is 41.4 Å². The van der Waals surface area contributed by atoms with Crippen LogP contribution in [0.4, 0.5) is 15.8 Å². The van der Waals surface area contributed by atoms with E-state index in [2.05, 4.69) is 10.3 Å². The van der Waals surface area contributed by atoms with Gasteiger partial charge in [0.25, 0.3) is 0 Å². The first kappa shape index (κ1) is 11.4. The second-order valence-electron chi connectivity index (χ2n) is 3.83. The summed E-state index contributed by atoms with van der Waals surface area (Å²) < 4.78 is 18.4. The van der Waals surface area contributed by atoms with Crippen molar-refractivity contribution in [2.75, 3.05) is 11.1 Å². The van der Waals surface area contributed by atoms with E-state index in [-0.39, 0.29) is 5.82 Å². The van der Waals surface area contributed by atoms with Crippen molar-refractivity contribution < 1.29 is 8.81 Å². The Labute approximate surface area is 98.7 Å². The van der Waals surface area contributed by atoms with E-state index < -0.39 is 0 Å². The van der Waals surface area contributed by atoms with Gasteiger partial charge in [0, 0.05) is 0 Å². The van der Waals surface area contributed by atoms with Crippen molar-refractivity contribution in [3.8, 4) is 0 Å². The minimum atomic E-state index is -0.332. The number of hydrogen-bond acceptors (Lipinski definition) is 4. The summed E-state index contributed by atoms with van der Waals surface area (Å²) in [4.78, 5) is 4.21. The number of aryl methyl sites for hydroxylation is 2. The number of nitrogens with one attached hydrogen (secondary N) is 1. The molecule has 0 unspecified atom stereocenters. The predicted molar refractivity (Wildman–Crippen MR) is 64.1 cm³/mol. The fourth-order valence-electron chi connectivity index (χ4n) is 1.47. The molecule has 0 bridgehead atoms. The van der Waals surface area contributed by atoms with Crippen LogP contribution < -0.4 is 11.1 Å². The Hall–Kier alpha value is -2.04. The lowest BCUT2D eigenvalue weighted by Crippen LogP contribution is -2.03. The predicted octanol–water partition coefficient (Wildman–Crippen LogP) is 2.62. The monoisotopic (exact) mass is 235 g/mol. The molecule has 2 aromatic rings. The first-order chi connectivity index (χ1) is 8.06. The van der Waals surface area contributed by atoms with E-state index in [9.17, 15) is 4.39 Å². The lowest BCUT2D eigenvalue weighted by Gasteiger charge is -2.07. The Morgan fingerprint density at radius 1 is 1.41 bits per heavy atom. The first-order valence-electron chi connectivity index (χ1n) is 5.28. The van der Waals surface area contributed by atoms with Crippen molar-refractivity contribution in [2.45, 2.75) is 20.4 Å². The van der Waals surface area contributed by atoms with Crippen LogP contribution in [0.25, 0.3) is 0 Å². The minimum absolute atomic E-state index is 0.332. The molecule has 0 saturated carbocycles. The quantitative estimate of drug-likeness (QED) is 0.803. The second kappa shape index (κ2) is 4.45. The largest absolute Gasteiger partial charge is 0.444 e. The number of anilines is 2. The molecule has 1 aromatic heterocycles. The summed E-state index contributed by atoms with van der Waals surface area (Å²) in [5.74, 6) is 1.01. The molecule has 0 saturated heterocycles. The van der Waals surface area contributed by atoms with Crippen LogP contribution in [0.2, 0.25) is 0 Å². The van der Waals surface area contributed by atoms with E-state index in [0.717, 1.165) is 11.5 Å². The van der Waals surface area contributed by atoms with Crippen LogP contribution in [-0.4, -0.2) is 4.98 Å². The van der Waals surface area contributed by atoms with Gasteiger partial charge in [-0.3, -0.25) is 0 Å². The zero-order valence-electron chi connectivity index (χ0n) is 9.75. The molecule has 4 nitrogen and oxygen atoms in total. The molecule has 0 aliphatic heterocycles. The maximum atomic E-state index is 13.0. The smallest absolute Gasteiger partial charge is 0.213 e. The summed E-state index contributed by atoms with van der Waals surface area (Å²) >= 11 is 0. The van der Waals surface area contributed by atoms with E-state index in [4.69, 9.17) is 10.2 Å². The summed E-state index contributed by atoms with van der Waals surface area (Å²) in [5, 5.41) is 2.99. The van der Waals surface area contributed by atoms with E-state index in [1.165, 1.54) is 18.2 Å². The number of hydrogen-bond donors (Lipinski definition) is 2. The molecule has 3 N–H and O–H groups in total. The molecule has 17 heavy (non-hydrogen) atoms. The third kappa shape index (κ3) is 2.55. The third-order valence-corrected chi connectivity index (χ3v) is 2.52. The van der Waals surface area contributed by atoms with Gasteiger partial charge in [-0.2, -0.15) is 0 Å². The summed E-state index contributed by atoms with van der Waals surface area (Å²) in [6, 6.07) is 4.18. The van der Waals surface area contributed by atoms with Gasteiger partial charge in [0.15, 0.2) is 0 Å². The standard InChI is InChI=1S/C12H14FN3O/c1-7-8(2)17-12(16-7)6-15-11-5-9(13)3-4-10(11)14/h3-5,15H,6,14H2,1-2H3. The van der Waals surface area contributed by atoms with Crippen LogP contribution in [0.1, 0.15) is 17.3 Å². The molecule has 2 rings (SSSR count). The van der Waals surface area contributed by atoms with Crippen LogP contribution in [0, 0.1) is 19.7 Å². The summed E-state index contributed by atoms with van der Waals surface area (Å²) in [6.07, 6.45) is 0. The molecule has 1 heterocycles. The fraction of sp³-hybridized carbons (Fsp3) is 0.250. The van der Waals surface area contributed by atoms with E-state index in [1.54, 1.807) is 0 Å². The lowest BCUT2D eigenvalue weighted by atomic mass is 10.2. The van der Waals surface area contributed by atoms with Crippen molar-refractivity contribution in [1.29, 1.82) is 0 Å². The highest BCUT2D eigenvalue weighted by Gasteiger charge is 2.06. The van der Waals surface area contributed by atoms with Gasteiger partial charge in [-0.1, -0.05) is 0 Å². The fourth-order valence-corrected chi connectivity index (χ4v) is 1.47. The van der Waals surface area contributed by atoms with Gasteiger partial charge in [-0.05, 0) is 32.0 Å². The topological polar surface area (TPSA) is 64.1 Å². The van der Waals surface area contributed by atoms with E-state index in [1.807, 2.05) is 13.8 Å². The molecule has 1 aromatic carbocycles.